The first-order chi connectivity index (χ1) is 18.9. The van der Waals surface area contributed by atoms with Crippen molar-refractivity contribution in [1.82, 2.24) is 15.1 Å². The standard InChI is InChI=1S/C31H31N3O5/c1-38-26-11-6-12-27(39-2)28(26)25-18-23(33-34(25)24-10-5-8-20-7-3-4-9-22(20)24)29(35)32-31(30(36)37)16-15-19-13-14-21(31)17-19/h3-12,18-19,21H,13-17H2,1-2H3,(H,32,35)(H,36,37). The third-order valence-corrected chi connectivity index (χ3v) is 8.52. The molecule has 8 heteroatoms. The third-order valence-electron chi connectivity index (χ3n) is 8.52. The average molecular weight is 526 g/mol. The Bertz CT molecular complexity index is 1550. The second kappa shape index (κ2) is 9.76. The van der Waals surface area contributed by atoms with E-state index in [0.29, 0.717) is 35.1 Å². The number of hydrogen-bond acceptors (Lipinski definition) is 5. The van der Waals surface area contributed by atoms with E-state index in [1.807, 2.05) is 60.7 Å². The Morgan fingerprint density at radius 2 is 1.69 bits per heavy atom. The summed E-state index contributed by atoms with van der Waals surface area (Å²) in [5.74, 6) is 0.127. The topological polar surface area (TPSA) is 103 Å². The highest BCUT2D eigenvalue weighted by atomic mass is 16.5. The van der Waals surface area contributed by atoms with Gasteiger partial charge in [-0.15, -0.1) is 0 Å². The predicted octanol–water partition coefficient (Wildman–Crippen LogP) is 5.47. The molecule has 2 aliphatic carbocycles. The molecule has 1 heterocycles. The zero-order valence-corrected chi connectivity index (χ0v) is 22.0. The summed E-state index contributed by atoms with van der Waals surface area (Å²) in [4.78, 5) is 26.4. The molecular formula is C31H31N3O5. The maximum atomic E-state index is 13.8. The van der Waals surface area contributed by atoms with Crippen molar-refractivity contribution in [2.45, 2.75) is 37.6 Å². The molecule has 0 radical (unpaired) electrons. The van der Waals surface area contributed by atoms with E-state index in [2.05, 4.69) is 5.32 Å². The van der Waals surface area contributed by atoms with Crippen LogP contribution in [-0.2, 0) is 4.79 Å². The lowest BCUT2D eigenvalue weighted by Gasteiger charge is -2.39. The van der Waals surface area contributed by atoms with Crippen molar-refractivity contribution in [3.63, 3.8) is 0 Å². The smallest absolute Gasteiger partial charge is 0.329 e. The lowest BCUT2D eigenvalue weighted by atomic mass is 9.73. The average Bonchev–Trinajstić information content (AvgIpc) is 3.59. The van der Waals surface area contributed by atoms with Crippen LogP contribution in [0.3, 0.4) is 0 Å². The SMILES string of the molecule is COc1cccc(OC)c1-c1cc(C(=O)NC2(C(=O)O)CCC3CCC2C3)nn1-c1cccc2ccccc12. The van der Waals surface area contributed by atoms with Gasteiger partial charge in [0.2, 0.25) is 0 Å². The quantitative estimate of drug-likeness (QED) is 0.332. The van der Waals surface area contributed by atoms with E-state index in [1.54, 1.807) is 25.0 Å². The van der Waals surface area contributed by atoms with Crippen LogP contribution in [0.2, 0.25) is 0 Å². The second-order valence-corrected chi connectivity index (χ2v) is 10.5. The fraction of sp³-hybridized carbons (Fsp3) is 0.323. The molecule has 200 valence electrons. The summed E-state index contributed by atoms with van der Waals surface area (Å²) < 4.78 is 13.1. The number of benzene rings is 3. The molecule has 2 fully saturated rings. The molecule has 3 aromatic carbocycles. The monoisotopic (exact) mass is 525 g/mol. The van der Waals surface area contributed by atoms with Crippen LogP contribution in [0, 0.1) is 11.8 Å². The number of carbonyl (C=O) groups is 2. The number of nitrogens with one attached hydrogen (secondary N) is 1. The maximum absolute atomic E-state index is 13.8. The number of aromatic nitrogens is 2. The van der Waals surface area contributed by atoms with Crippen LogP contribution in [0.15, 0.2) is 66.7 Å². The minimum atomic E-state index is -1.28. The van der Waals surface area contributed by atoms with Gasteiger partial charge in [0.1, 0.15) is 17.0 Å². The number of ether oxygens (including phenoxy) is 2. The Hall–Kier alpha value is -4.33. The van der Waals surface area contributed by atoms with Crippen molar-refractivity contribution in [2.24, 2.45) is 11.8 Å². The lowest BCUT2D eigenvalue weighted by Crippen LogP contribution is -2.60. The number of hydrogen-bond donors (Lipinski definition) is 2. The van der Waals surface area contributed by atoms with Gasteiger partial charge in [-0.1, -0.05) is 48.9 Å². The van der Waals surface area contributed by atoms with Gasteiger partial charge in [-0.25, -0.2) is 9.48 Å². The van der Waals surface area contributed by atoms with Crippen LogP contribution in [-0.4, -0.2) is 46.5 Å². The molecular weight excluding hydrogens is 494 g/mol. The Kier molecular flexibility index (Phi) is 6.25. The molecule has 1 aromatic heterocycles. The first-order valence-electron chi connectivity index (χ1n) is 13.3. The molecule has 3 atom stereocenters. The Labute approximate surface area is 226 Å². The molecule has 0 spiro atoms. The number of fused-ring (bicyclic) bond motifs is 3. The summed E-state index contributed by atoms with van der Waals surface area (Å²) in [5.41, 5.74) is 0.868. The van der Waals surface area contributed by atoms with E-state index in [1.165, 1.54) is 0 Å². The summed E-state index contributed by atoms with van der Waals surface area (Å²) in [7, 11) is 3.16. The summed E-state index contributed by atoms with van der Waals surface area (Å²) in [6.45, 7) is 0. The molecule has 6 rings (SSSR count). The highest BCUT2D eigenvalue weighted by Gasteiger charge is 2.53. The molecule has 2 N–H and O–H groups in total. The highest BCUT2D eigenvalue weighted by Crippen LogP contribution is 2.48. The minimum Gasteiger partial charge on any atom is -0.496 e. The fourth-order valence-corrected chi connectivity index (χ4v) is 6.54. The number of carboxylic acids is 1. The van der Waals surface area contributed by atoms with Crippen molar-refractivity contribution in [3.05, 3.63) is 72.4 Å². The van der Waals surface area contributed by atoms with E-state index >= 15 is 0 Å². The zero-order chi connectivity index (χ0) is 27.1. The van der Waals surface area contributed by atoms with Gasteiger partial charge in [-0.3, -0.25) is 4.79 Å². The third kappa shape index (κ3) is 4.11. The lowest BCUT2D eigenvalue weighted by molar-refractivity contribution is -0.148. The Morgan fingerprint density at radius 1 is 0.974 bits per heavy atom. The summed E-state index contributed by atoms with van der Waals surface area (Å²) in [6.07, 6.45) is 3.90. The first-order valence-corrected chi connectivity index (χ1v) is 13.3. The summed E-state index contributed by atoms with van der Waals surface area (Å²) in [6, 6.07) is 21.1. The van der Waals surface area contributed by atoms with Crippen LogP contribution in [0.4, 0.5) is 0 Å². The van der Waals surface area contributed by atoms with Gasteiger partial charge in [-0.2, -0.15) is 5.10 Å². The van der Waals surface area contributed by atoms with E-state index in [9.17, 15) is 14.7 Å². The van der Waals surface area contributed by atoms with Gasteiger partial charge in [0.05, 0.1) is 31.2 Å². The molecule has 0 saturated heterocycles. The first kappa shape index (κ1) is 25.0. The number of methoxy groups -OCH3 is 2. The number of carbonyl (C=O) groups excluding carboxylic acids is 1. The number of nitrogens with zero attached hydrogens (tertiary/aromatic N) is 2. The molecule has 2 saturated carbocycles. The van der Waals surface area contributed by atoms with E-state index in [0.717, 1.165) is 42.1 Å². The van der Waals surface area contributed by atoms with Gasteiger partial charge in [0.25, 0.3) is 5.91 Å². The van der Waals surface area contributed by atoms with Gasteiger partial charge in [0, 0.05) is 5.39 Å². The second-order valence-electron chi connectivity index (χ2n) is 10.5. The van der Waals surface area contributed by atoms with Gasteiger partial charge >= 0.3 is 5.97 Å². The van der Waals surface area contributed by atoms with Crippen LogP contribution in [0.25, 0.3) is 27.7 Å². The van der Waals surface area contributed by atoms with Crippen LogP contribution < -0.4 is 14.8 Å². The maximum Gasteiger partial charge on any atom is 0.329 e. The Balaban J connectivity index is 1.51. The molecule has 2 aliphatic rings. The van der Waals surface area contributed by atoms with Gasteiger partial charge in [0.15, 0.2) is 5.69 Å². The number of amides is 1. The van der Waals surface area contributed by atoms with Crippen molar-refractivity contribution in [2.75, 3.05) is 14.2 Å². The van der Waals surface area contributed by atoms with E-state index < -0.39 is 17.4 Å². The van der Waals surface area contributed by atoms with E-state index in [-0.39, 0.29) is 11.6 Å². The predicted molar refractivity (Wildman–Crippen MR) is 148 cm³/mol. The normalized spacial score (nSPS) is 22.0. The van der Waals surface area contributed by atoms with Crippen molar-refractivity contribution in [1.29, 1.82) is 0 Å². The van der Waals surface area contributed by atoms with Crippen LogP contribution in [0.5, 0.6) is 11.5 Å². The Morgan fingerprint density at radius 3 is 2.44 bits per heavy atom. The van der Waals surface area contributed by atoms with Gasteiger partial charge in [-0.05, 0) is 67.2 Å². The molecule has 8 nitrogen and oxygen atoms in total. The molecule has 39 heavy (non-hydrogen) atoms. The number of carboxylic acid groups (broad SMARTS) is 1. The highest BCUT2D eigenvalue weighted by molar-refractivity contribution is 5.98. The van der Waals surface area contributed by atoms with Gasteiger partial charge < -0.3 is 19.9 Å². The minimum absolute atomic E-state index is 0.0772. The van der Waals surface area contributed by atoms with Crippen molar-refractivity contribution < 1.29 is 24.2 Å². The largest absolute Gasteiger partial charge is 0.496 e. The summed E-state index contributed by atoms with van der Waals surface area (Å²) in [5, 5.41) is 20.0. The number of rotatable bonds is 7. The fourth-order valence-electron chi connectivity index (χ4n) is 6.54. The molecule has 3 unspecified atom stereocenters. The number of aliphatic carboxylic acids is 1. The van der Waals surface area contributed by atoms with E-state index in [4.69, 9.17) is 14.6 Å². The summed E-state index contributed by atoms with van der Waals surface area (Å²) >= 11 is 0. The van der Waals surface area contributed by atoms with Crippen molar-refractivity contribution >= 4 is 22.6 Å². The molecule has 2 bridgehead atoms. The molecule has 0 aliphatic heterocycles. The molecule has 4 aromatic rings. The van der Waals surface area contributed by atoms with Crippen LogP contribution >= 0.6 is 0 Å². The van der Waals surface area contributed by atoms with Crippen molar-refractivity contribution in [3.8, 4) is 28.4 Å². The van der Waals surface area contributed by atoms with Crippen LogP contribution in [0.1, 0.15) is 42.6 Å². The zero-order valence-electron chi connectivity index (χ0n) is 22.0. The molecule has 1 amide bonds.